The minimum atomic E-state index is -7.43. The molecule has 0 bridgehead atoms. The Hall–Kier alpha value is -0.840. The van der Waals surface area contributed by atoms with Crippen LogP contribution < -0.4 is 0 Å². The van der Waals surface area contributed by atoms with E-state index >= 15 is 0 Å². The summed E-state index contributed by atoms with van der Waals surface area (Å²) in [5, 5.41) is -7.11. The second-order valence-corrected chi connectivity index (χ2v) is 7.45. The van der Waals surface area contributed by atoms with Gasteiger partial charge in [-0.05, 0) is 13.8 Å². The standard InChI is InChI=1S/C10H24NO2.C4HF9O3S/c1-5-11(6-2,7-9-12-3)8-10-13-4;5-1(6,3(9,10)11)2(7,8)4(12,13)17(14,15)16/h5-10H2,1-4H3;(H,14,15,16)/q+1;/p-1. The molecule has 0 unspecified atom stereocenters. The van der Waals surface area contributed by atoms with Gasteiger partial charge in [-0.3, -0.25) is 0 Å². The van der Waals surface area contributed by atoms with Crippen LogP contribution in [-0.4, -0.2) is 94.3 Å². The van der Waals surface area contributed by atoms with E-state index in [1.165, 1.54) is 0 Å². The molecule has 0 amide bonds. The lowest BCUT2D eigenvalue weighted by atomic mass is 10.1. The van der Waals surface area contributed by atoms with Crippen molar-refractivity contribution < 1.29 is 66.4 Å². The maximum Gasteiger partial charge on any atom is 0.460 e. The molecule has 0 saturated carbocycles. The minimum absolute atomic E-state index is 0.839. The highest BCUT2D eigenvalue weighted by atomic mass is 32.2. The average molecular weight is 489 g/mol. The number of halogens is 9. The lowest BCUT2D eigenvalue weighted by Crippen LogP contribution is -2.63. The van der Waals surface area contributed by atoms with Crippen LogP contribution in [0.15, 0.2) is 0 Å². The quantitative estimate of drug-likeness (QED) is 0.253. The van der Waals surface area contributed by atoms with Crippen molar-refractivity contribution in [2.24, 2.45) is 0 Å². The van der Waals surface area contributed by atoms with E-state index in [4.69, 9.17) is 9.47 Å². The van der Waals surface area contributed by atoms with Crippen LogP contribution >= 0.6 is 0 Å². The van der Waals surface area contributed by atoms with Gasteiger partial charge in [-0.15, -0.1) is 0 Å². The van der Waals surface area contributed by atoms with Crippen LogP contribution in [0.5, 0.6) is 0 Å². The van der Waals surface area contributed by atoms with E-state index in [1.54, 1.807) is 14.2 Å². The summed E-state index contributed by atoms with van der Waals surface area (Å²) in [5.41, 5.74) is 0. The summed E-state index contributed by atoms with van der Waals surface area (Å²) in [7, 11) is -3.90. The molecule has 0 aliphatic carbocycles. The van der Waals surface area contributed by atoms with Gasteiger partial charge >= 0.3 is 23.3 Å². The molecule has 0 aromatic rings. The monoisotopic (exact) mass is 489 g/mol. The van der Waals surface area contributed by atoms with E-state index in [0.29, 0.717) is 0 Å². The van der Waals surface area contributed by atoms with E-state index in [2.05, 4.69) is 13.8 Å². The van der Waals surface area contributed by atoms with E-state index in [-0.39, 0.29) is 0 Å². The van der Waals surface area contributed by atoms with Gasteiger partial charge in [-0.2, -0.15) is 39.5 Å². The first-order valence-electron chi connectivity index (χ1n) is 8.23. The molecule has 0 heterocycles. The van der Waals surface area contributed by atoms with Crippen LogP contribution in [0.2, 0.25) is 0 Å². The Labute approximate surface area is 168 Å². The van der Waals surface area contributed by atoms with Gasteiger partial charge in [0.2, 0.25) is 0 Å². The van der Waals surface area contributed by atoms with Gasteiger partial charge in [0.25, 0.3) is 0 Å². The van der Waals surface area contributed by atoms with Crippen LogP contribution in [0.4, 0.5) is 39.5 Å². The largest absolute Gasteiger partial charge is 0.743 e. The fraction of sp³-hybridized carbons (Fsp3) is 1.00. The van der Waals surface area contributed by atoms with Gasteiger partial charge in [0.1, 0.15) is 13.1 Å². The van der Waals surface area contributed by atoms with E-state index in [1.807, 2.05) is 0 Å². The third-order valence-electron chi connectivity index (χ3n) is 4.31. The Balaban J connectivity index is 0. The van der Waals surface area contributed by atoms with Gasteiger partial charge < -0.3 is 18.5 Å². The Morgan fingerprint density at radius 3 is 1.30 bits per heavy atom. The third kappa shape index (κ3) is 7.10. The molecule has 184 valence electrons. The Kier molecular flexibility index (Phi) is 11.7. The first-order chi connectivity index (χ1) is 13.2. The molecule has 0 aliphatic heterocycles. The zero-order valence-corrected chi connectivity index (χ0v) is 17.4. The van der Waals surface area contributed by atoms with Crippen molar-refractivity contribution >= 4 is 10.1 Å². The first-order valence-corrected chi connectivity index (χ1v) is 9.64. The van der Waals surface area contributed by atoms with Crippen LogP contribution in [0.3, 0.4) is 0 Å². The number of quaternary nitrogens is 1. The summed E-state index contributed by atoms with van der Waals surface area (Å²) in [6.07, 6.45) is -7.16. The number of hydrogen-bond donors (Lipinski definition) is 0. The summed E-state index contributed by atoms with van der Waals surface area (Å²) in [4.78, 5) is 0. The minimum Gasteiger partial charge on any atom is -0.743 e. The average Bonchev–Trinajstić information content (AvgIpc) is 2.61. The molecule has 0 aromatic heterocycles. The van der Waals surface area contributed by atoms with Crippen molar-refractivity contribution in [3.63, 3.8) is 0 Å². The molecule has 16 heteroatoms. The maximum absolute atomic E-state index is 12.2. The highest BCUT2D eigenvalue weighted by Crippen LogP contribution is 2.54. The molecule has 0 N–H and O–H groups in total. The number of rotatable bonds is 11. The van der Waals surface area contributed by atoms with Gasteiger partial charge in [0, 0.05) is 14.2 Å². The SMILES string of the molecule is CC[N+](CC)(CCOC)CCOC.O=S(=O)([O-])C(F)(F)C(F)(F)C(F)(F)C(F)(F)F. The van der Waals surface area contributed by atoms with Crippen molar-refractivity contribution in [1.29, 1.82) is 0 Å². The zero-order chi connectivity index (χ0) is 24.7. The third-order valence-corrected chi connectivity index (χ3v) is 5.20. The van der Waals surface area contributed by atoms with Crippen molar-refractivity contribution in [3.8, 4) is 0 Å². The van der Waals surface area contributed by atoms with Crippen molar-refractivity contribution in [1.82, 2.24) is 0 Å². The highest BCUT2D eigenvalue weighted by molar-refractivity contribution is 7.86. The van der Waals surface area contributed by atoms with Crippen molar-refractivity contribution in [2.45, 2.75) is 37.1 Å². The predicted molar refractivity (Wildman–Crippen MR) is 85.4 cm³/mol. The molecule has 0 aromatic carbocycles. The highest BCUT2D eigenvalue weighted by Gasteiger charge is 2.83. The first kappa shape index (κ1) is 31.3. The Morgan fingerprint density at radius 2 is 1.10 bits per heavy atom. The second kappa shape index (κ2) is 11.2. The number of methoxy groups -OCH3 is 2. The lowest BCUT2D eigenvalue weighted by Gasteiger charge is -2.36. The number of hydrogen-bond acceptors (Lipinski definition) is 5. The normalized spacial score (nSPS) is 14.3. The number of ether oxygens (including phenoxy) is 2. The van der Waals surface area contributed by atoms with Crippen LogP contribution in [0, 0.1) is 0 Å². The van der Waals surface area contributed by atoms with Crippen LogP contribution in [0.25, 0.3) is 0 Å². The summed E-state index contributed by atoms with van der Waals surface area (Å²) in [6, 6.07) is 0. The molecular weight excluding hydrogens is 465 g/mol. The van der Waals surface area contributed by atoms with Gasteiger partial charge in [0.05, 0.1) is 26.3 Å². The fourth-order valence-corrected chi connectivity index (χ4v) is 2.50. The second-order valence-electron chi connectivity index (χ2n) is 6.02. The topological polar surface area (TPSA) is 75.7 Å². The van der Waals surface area contributed by atoms with Crippen molar-refractivity contribution in [3.05, 3.63) is 0 Å². The molecule has 0 saturated heterocycles. The molecule has 0 radical (unpaired) electrons. The van der Waals surface area contributed by atoms with Gasteiger partial charge in [-0.25, -0.2) is 8.42 Å². The smallest absolute Gasteiger partial charge is 0.460 e. The molecule has 0 atom stereocenters. The zero-order valence-electron chi connectivity index (χ0n) is 16.5. The van der Waals surface area contributed by atoms with Crippen molar-refractivity contribution in [2.75, 3.05) is 53.6 Å². The maximum atomic E-state index is 12.2. The summed E-state index contributed by atoms with van der Waals surface area (Å²) in [6.45, 7) is 10.6. The number of nitrogens with zero attached hydrogens (tertiary/aromatic N) is 1. The Bertz CT molecular complexity index is 597. The summed E-state index contributed by atoms with van der Waals surface area (Å²) < 4.78 is 147. The van der Waals surface area contributed by atoms with E-state index < -0.39 is 33.4 Å². The lowest BCUT2D eigenvalue weighted by molar-refractivity contribution is -0.925. The van der Waals surface area contributed by atoms with Gasteiger partial charge in [0.15, 0.2) is 10.1 Å². The summed E-state index contributed by atoms with van der Waals surface area (Å²) >= 11 is 0. The molecule has 6 nitrogen and oxygen atoms in total. The molecule has 0 fully saturated rings. The molecule has 0 rings (SSSR count). The molecular formula is C14H24F9NO5S. The molecule has 30 heavy (non-hydrogen) atoms. The fourth-order valence-electron chi connectivity index (χ4n) is 2.06. The predicted octanol–water partition coefficient (Wildman–Crippen LogP) is 3.09. The molecule has 0 aliphatic rings. The van der Waals surface area contributed by atoms with E-state index in [9.17, 15) is 52.5 Å². The Morgan fingerprint density at radius 1 is 0.767 bits per heavy atom. The van der Waals surface area contributed by atoms with Crippen LogP contribution in [-0.2, 0) is 19.6 Å². The van der Waals surface area contributed by atoms with Gasteiger partial charge in [-0.1, -0.05) is 0 Å². The van der Waals surface area contributed by atoms with Crippen LogP contribution in [0.1, 0.15) is 13.8 Å². The van der Waals surface area contributed by atoms with E-state index in [0.717, 1.165) is 43.9 Å². The number of alkyl halides is 9. The summed E-state index contributed by atoms with van der Waals surface area (Å²) in [5.74, 6) is -14.8. The number of likely N-dealkylation sites (N-methyl/N-ethyl adjacent to an activating group) is 1. The molecule has 0 spiro atoms.